The zero-order chi connectivity index (χ0) is 13.2. The summed E-state index contributed by atoms with van der Waals surface area (Å²) in [5, 5.41) is 9.14. The van der Waals surface area contributed by atoms with Crippen LogP contribution in [0.3, 0.4) is 0 Å². The maximum atomic E-state index is 9.14. The van der Waals surface area contributed by atoms with Crippen molar-refractivity contribution in [1.29, 1.82) is 5.26 Å². The number of hydrogen-bond acceptors (Lipinski definition) is 5. The van der Waals surface area contributed by atoms with Gasteiger partial charge in [0.15, 0.2) is 11.2 Å². The molecule has 0 radical (unpaired) electrons. The van der Waals surface area contributed by atoms with Gasteiger partial charge >= 0.3 is 0 Å². The van der Waals surface area contributed by atoms with E-state index in [1.165, 1.54) is 0 Å². The Labute approximate surface area is 109 Å². The van der Waals surface area contributed by atoms with E-state index in [4.69, 9.17) is 14.4 Å². The van der Waals surface area contributed by atoms with Crippen molar-refractivity contribution in [3.63, 3.8) is 0 Å². The van der Waals surface area contributed by atoms with Gasteiger partial charge in [-0.05, 0) is 30.3 Å². The number of rotatable bonds is 2. The van der Waals surface area contributed by atoms with Gasteiger partial charge < -0.3 is 9.15 Å². The summed E-state index contributed by atoms with van der Waals surface area (Å²) in [7, 11) is 1.57. The number of nitriles is 1. The Hall–Kier alpha value is -2.87. The summed E-state index contributed by atoms with van der Waals surface area (Å²) in [6.07, 6.45) is 1.64. The second kappa shape index (κ2) is 4.42. The predicted octanol–water partition coefficient (Wildman–Crippen LogP) is 2.77. The summed E-state index contributed by atoms with van der Waals surface area (Å²) in [5.74, 6) is 1.01. The molecular weight excluding hydrogens is 242 g/mol. The zero-order valence-electron chi connectivity index (χ0n) is 10.1. The third-order valence-electron chi connectivity index (χ3n) is 2.74. The van der Waals surface area contributed by atoms with E-state index in [0.717, 1.165) is 0 Å². The molecule has 2 aromatic heterocycles. The molecule has 3 rings (SSSR count). The lowest BCUT2D eigenvalue weighted by Crippen LogP contribution is -1.88. The molecular formula is C14H9N3O2. The van der Waals surface area contributed by atoms with Crippen LogP contribution in [0, 0.1) is 11.3 Å². The molecule has 0 aliphatic carbocycles. The molecule has 0 fully saturated rings. The minimum atomic E-state index is 0.365. The number of nitrogens with zero attached hydrogens (tertiary/aromatic N) is 3. The fourth-order valence-electron chi connectivity index (χ4n) is 1.81. The van der Waals surface area contributed by atoms with Crippen LogP contribution in [0.5, 0.6) is 5.75 Å². The van der Waals surface area contributed by atoms with Crippen molar-refractivity contribution in [3.05, 3.63) is 42.1 Å². The van der Waals surface area contributed by atoms with Gasteiger partial charge in [0.1, 0.15) is 5.75 Å². The number of methoxy groups -OCH3 is 1. The molecule has 0 spiro atoms. The van der Waals surface area contributed by atoms with Gasteiger partial charge in [-0.2, -0.15) is 10.2 Å². The highest BCUT2D eigenvalue weighted by Crippen LogP contribution is 2.29. The second-order valence-corrected chi connectivity index (χ2v) is 3.87. The summed E-state index contributed by atoms with van der Waals surface area (Å²) in [6.45, 7) is 0. The summed E-state index contributed by atoms with van der Waals surface area (Å²) in [5.41, 5.74) is 2.18. The maximum Gasteiger partial charge on any atom is 0.230 e. The van der Waals surface area contributed by atoms with Gasteiger partial charge in [-0.3, -0.25) is 0 Å². The van der Waals surface area contributed by atoms with Crippen molar-refractivity contribution >= 4 is 11.2 Å². The lowest BCUT2D eigenvalue weighted by molar-refractivity contribution is 0.414. The molecule has 0 saturated carbocycles. The molecule has 19 heavy (non-hydrogen) atoms. The smallest absolute Gasteiger partial charge is 0.230 e. The first kappa shape index (κ1) is 11.2. The van der Waals surface area contributed by atoms with Gasteiger partial charge in [0.25, 0.3) is 0 Å². The van der Waals surface area contributed by atoms with E-state index >= 15 is 0 Å². The molecule has 0 saturated heterocycles. The first-order valence-electron chi connectivity index (χ1n) is 5.62. The van der Waals surface area contributed by atoms with E-state index in [1.807, 2.05) is 0 Å². The third kappa shape index (κ3) is 1.89. The average Bonchev–Trinajstić information content (AvgIpc) is 2.90. The molecule has 0 aliphatic heterocycles. The third-order valence-corrected chi connectivity index (χ3v) is 2.74. The molecule has 0 N–H and O–H groups in total. The molecule has 92 valence electrons. The Morgan fingerprint density at radius 3 is 2.95 bits per heavy atom. The topological polar surface area (TPSA) is 71.9 Å². The molecule has 0 aliphatic rings. The highest BCUT2D eigenvalue weighted by Gasteiger charge is 2.13. The number of pyridine rings is 1. The lowest BCUT2D eigenvalue weighted by Gasteiger charge is -2.03. The maximum absolute atomic E-state index is 9.14. The summed E-state index contributed by atoms with van der Waals surface area (Å²) < 4.78 is 10.8. The largest absolute Gasteiger partial charge is 0.497 e. The number of fused-ring (bicyclic) bond motifs is 1. The van der Waals surface area contributed by atoms with Crippen LogP contribution >= 0.6 is 0 Å². The minimum absolute atomic E-state index is 0.365. The van der Waals surface area contributed by atoms with E-state index in [0.29, 0.717) is 34.0 Å². The Bertz CT molecular complexity index is 754. The summed E-state index contributed by atoms with van der Waals surface area (Å²) >= 11 is 0. The quantitative estimate of drug-likeness (QED) is 0.700. The lowest BCUT2D eigenvalue weighted by atomic mass is 10.1. The molecule has 5 nitrogen and oxygen atoms in total. The van der Waals surface area contributed by atoms with Crippen molar-refractivity contribution in [2.24, 2.45) is 0 Å². The van der Waals surface area contributed by atoms with Gasteiger partial charge in [0.2, 0.25) is 5.89 Å². The number of ether oxygens (including phenoxy) is 1. The van der Waals surface area contributed by atoms with E-state index in [2.05, 4.69) is 16.0 Å². The van der Waals surface area contributed by atoms with Crippen molar-refractivity contribution in [2.75, 3.05) is 7.11 Å². The van der Waals surface area contributed by atoms with E-state index in [9.17, 15) is 0 Å². The van der Waals surface area contributed by atoms with Gasteiger partial charge in [-0.25, -0.2) is 4.98 Å². The van der Waals surface area contributed by atoms with Gasteiger partial charge in [0, 0.05) is 6.20 Å². The monoisotopic (exact) mass is 251 g/mol. The van der Waals surface area contributed by atoms with Gasteiger partial charge in [0.05, 0.1) is 24.3 Å². The molecule has 3 aromatic rings. The van der Waals surface area contributed by atoms with Crippen molar-refractivity contribution in [3.8, 4) is 23.3 Å². The molecule has 0 unspecified atom stereocenters. The number of aromatic nitrogens is 2. The fourth-order valence-corrected chi connectivity index (χ4v) is 1.81. The van der Waals surface area contributed by atoms with Gasteiger partial charge in [-0.15, -0.1) is 0 Å². The van der Waals surface area contributed by atoms with E-state index in [-0.39, 0.29) is 0 Å². The van der Waals surface area contributed by atoms with Crippen LogP contribution in [0.15, 0.2) is 40.9 Å². The fraction of sp³-hybridized carbons (Fsp3) is 0.0714. The van der Waals surface area contributed by atoms with Crippen molar-refractivity contribution < 1.29 is 9.15 Å². The standard InChI is InChI=1S/C14H9N3O2/c1-18-10-5-4-9(8-15)11(7-10)14-17-13-12(19-14)3-2-6-16-13/h2-7H,1H3. The first-order valence-corrected chi connectivity index (χ1v) is 5.62. The van der Waals surface area contributed by atoms with Crippen molar-refractivity contribution in [2.45, 2.75) is 0 Å². The SMILES string of the molecule is COc1ccc(C#N)c(-c2nc3ncccc3o2)c1. The van der Waals surface area contributed by atoms with Crippen LogP contribution in [0.2, 0.25) is 0 Å². The highest BCUT2D eigenvalue weighted by atomic mass is 16.5. The van der Waals surface area contributed by atoms with Crippen LogP contribution in [0.4, 0.5) is 0 Å². The Morgan fingerprint density at radius 2 is 2.21 bits per heavy atom. The molecule has 2 heterocycles. The van der Waals surface area contributed by atoms with E-state index in [1.54, 1.807) is 43.6 Å². The van der Waals surface area contributed by atoms with Crippen LogP contribution < -0.4 is 4.74 Å². The normalized spacial score (nSPS) is 10.3. The molecule has 1 aromatic carbocycles. The van der Waals surface area contributed by atoms with E-state index < -0.39 is 0 Å². The first-order chi connectivity index (χ1) is 9.31. The predicted molar refractivity (Wildman–Crippen MR) is 68.5 cm³/mol. The van der Waals surface area contributed by atoms with Crippen LogP contribution in [-0.2, 0) is 0 Å². The Morgan fingerprint density at radius 1 is 1.32 bits per heavy atom. The number of hydrogen-bond donors (Lipinski definition) is 0. The zero-order valence-corrected chi connectivity index (χ0v) is 10.1. The molecule has 5 heteroatoms. The second-order valence-electron chi connectivity index (χ2n) is 3.87. The Balaban J connectivity index is 2.22. The number of oxazole rings is 1. The highest BCUT2D eigenvalue weighted by molar-refractivity contribution is 5.74. The molecule has 0 amide bonds. The average molecular weight is 251 g/mol. The number of benzene rings is 1. The van der Waals surface area contributed by atoms with Crippen LogP contribution in [0.25, 0.3) is 22.7 Å². The van der Waals surface area contributed by atoms with Crippen LogP contribution in [0.1, 0.15) is 5.56 Å². The van der Waals surface area contributed by atoms with Crippen molar-refractivity contribution in [1.82, 2.24) is 9.97 Å². The summed E-state index contributed by atoms with van der Waals surface area (Å²) in [6, 6.07) is 10.8. The Kier molecular flexibility index (Phi) is 2.62. The molecule has 0 bridgehead atoms. The van der Waals surface area contributed by atoms with Crippen LogP contribution in [-0.4, -0.2) is 17.1 Å². The molecule has 0 atom stereocenters. The summed E-state index contributed by atoms with van der Waals surface area (Å²) in [4.78, 5) is 8.39. The van der Waals surface area contributed by atoms with Gasteiger partial charge in [-0.1, -0.05) is 0 Å². The minimum Gasteiger partial charge on any atom is -0.497 e.